The molecule has 0 unspecified atom stereocenters. The van der Waals surface area contributed by atoms with Crippen molar-refractivity contribution in [1.29, 1.82) is 0 Å². The summed E-state index contributed by atoms with van der Waals surface area (Å²) < 4.78 is 45.4. The third-order valence-corrected chi connectivity index (χ3v) is 4.97. The Hall–Kier alpha value is -0.740. The fraction of sp³-hybridized carbons (Fsp3) is 0.500. The molecule has 0 radical (unpaired) electrons. The van der Waals surface area contributed by atoms with Gasteiger partial charge < -0.3 is 15.4 Å². The van der Waals surface area contributed by atoms with Gasteiger partial charge in [0.2, 0.25) is 10.0 Å². The van der Waals surface area contributed by atoms with Crippen LogP contribution in [-0.4, -0.2) is 53.7 Å². The van der Waals surface area contributed by atoms with Gasteiger partial charge >= 0.3 is 0 Å². The molecule has 0 heterocycles. The average molecular weight is 384 g/mol. The van der Waals surface area contributed by atoms with E-state index < -0.39 is 20.7 Å². The van der Waals surface area contributed by atoms with Crippen LogP contribution in [0.4, 0.5) is 10.1 Å². The van der Waals surface area contributed by atoms with Gasteiger partial charge in [-0.1, -0.05) is 0 Å². The molecule has 0 saturated carbocycles. The Labute approximate surface area is 132 Å². The minimum Gasteiger partial charge on any atom is -0.398 e. The number of nitrogens with two attached hydrogens (primary N) is 1. The van der Waals surface area contributed by atoms with Crippen LogP contribution in [-0.2, 0) is 14.8 Å². The third-order valence-electron chi connectivity index (χ3n) is 2.80. The van der Waals surface area contributed by atoms with Gasteiger partial charge in [0.15, 0.2) is 0 Å². The Kier molecular flexibility index (Phi) is 7.01. The third kappa shape index (κ3) is 5.51. The Bertz CT molecular complexity index is 583. The average Bonchev–Trinajstić information content (AvgIpc) is 2.40. The fourth-order valence-corrected chi connectivity index (χ4v) is 2.99. The van der Waals surface area contributed by atoms with Gasteiger partial charge in [-0.2, -0.15) is 0 Å². The van der Waals surface area contributed by atoms with Gasteiger partial charge in [-0.05, 0) is 35.1 Å². The topological polar surface area (TPSA) is 84.7 Å². The second-order valence-corrected chi connectivity index (χ2v) is 7.09. The van der Waals surface area contributed by atoms with E-state index in [2.05, 4.69) is 20.7 Å². The van der Waals surface area contributed by atoms with Crippen molar-refractivity contribution in [2.75, 3.05) is 46.1 Å². The van der Waals surface area contributed by atoms with Crippen molar-refractivity contribution in [2.24, 2.45) is 0 Å². The number of sulfonamides is 1. The summed E-state index contributed by atoms with van der Waals surface area (Å²) in [7, 11) is -0.497. The number of hydrogen-bond acceptors (Lipinski definition) is 5. The van der Waals surface area contributed by atoms with Gasteiger partial charge in [0.1, 0.15) is 10.7 Å². The number of nitrogens with zero attached hydrogens (tertiary/aromatic N) is 1. The maximum Gasteiger partial charge on any atom is 0.243 e. The lowest BCUT2D eigenvalue weighted by molar-refractivity contribution is 0.162. The van der Waals surface area contributed by atoms with Gasteiger partial charge in [0.25, 0.3) is 0 Å². The lowest BCUT2D eigenvalue weighted by atomic mass is 10.3. The van der Waals surface area contributed by atoms with Gasteiger partial charge in [-0.25, -0.2) is 17.5 Å². The highest BCUT2D eigenvalue weighted by Crippen LogP contribution is 2.25. The summed E-state index contributed by atoms with van der Waals surface area (Å²) in [6.45, 7) is 1.88. The zero-order chi connectivity index (χ0) is 16.0. The van der Waals surface area contributed by atoms with Gasteiger partial charge in [0, 0.05) is 36.9 Å². The Morgan fingerprint density at radius 1 is 1.43 bits per heavy atom. The molecule has 9 heteroatoms. The molecule has 6 nitrogen and oxygen atoms in total. The van der Waals surface area contributed by atoms with Crippen LogP contribution in [0.1, 0.15) is 0 Å². The lowest BCUT2D eigenvalue weighted by Crippen LogP contribution is -2.34. The molecule has 1 rings (SSSR count). The molecule has 0 aliphatic carbocycles. The van der Waals surface area contributed by atoms with Crippen molar-refractivity contribution in [1.82, 2.24) is 9.62 Å². The zero-order valence-corrected chi connectivity index (χ0v) is 14.3. The molecule has 0 aliphatic heterocycles. The molecule has 0 aliphatic rings. The van der Waals surface area contributed by atoms with E-state index in [1.165, 1.54) is 0 Å². The van der Waals surface area contributed by atoms with Crippen LogP contribution in [0.5, 0.6) is 0 Å². The number of methoxy groups -OCH3 is 1. The number of hydrogen-bond donors (Lipinski definition) is 2. The van der Waals surface area contributed by atoms with Gasteiger partial charge in [0.05, 0.1) is 6.61 Å². The van der Waals surface area contributed by atoms with Crippen LogP contribution in [0.2, 0.25) is 0 Å². The highest BCUT2D eigenvalue weighted by molar-refractivity contribution is 9.10. The maximum atomic E-state index is 13.7. The SMILES string of the molecule is COCCN(C)CCNS(=O)(=O)c1cc(N)c(Br)cc1F. The van der Waals surface area contributed by atoms with E-state index in [0.717, 1.165) is 12.1 Å². The second kappa shape index (κ2) is 8.04. The molecule has 0 bridgehead atoms. The summed E-state index contributed by atoms with van der Waals surface area (Å²) >= 11 is 3.04. The van der Waals surface area contributed by atoms with E-state index in [9.17, 15) is 12.8 Å². The van der Waals surface area contributed by atoms with Crippen LogP contribution in [0, 0.1) is 5.82 Å². The van der Waals surface area contributed by atoms with Crippen molar-refractivity contribution >= 4 is 31.6 Å². The van der Waals surface area contributed by atoms with Crippen molar-refractivity contribution < 1.29 is 17.5 Å². The highest BCUT2D eigenvalue weighted by Gasteiger charge is 2.20. The minimum absolute atomic E-state index is 0.161. The molecule has 3 N–H and O–H groups in total. The monoisotopic (exact) mass is 383 g/mol. The Morgan fingerprint density at radius 2 is 2.10 bits per heavy atom. The predicted octanol–water partition coefficient (Wildman–Crippen LogP) is 1.03. The number of ether oxygens (including phenoxy) is 1. The molecular weight excluding hydrogens is 365 g/mol. The zero-order valence-electron chi connectivity index (χ0n) is 11.9. The molecule has 0 saturated heterocycles. The number of benzene rings is 1. The van der Waals surface area contributed by atoms with Crippen LogP contribution in [0.3, 0.4) is 0 Å². The first kappa shape index (κ1) is 18.3. The van der Waals surface area contributed by atoms with Crippen molar-refractivity contribution in [3.05, 3.63) is 22.4 Å². The summed E-state index contributed by atoms with van der Waals surface area (Å²) in [6.07, 6.45) is 0. The van der Waals surface area contributed by atoms with Crippen LogP contribution in [0.25, 0.3) is 0 Å². The smallest absolute Gasteiger partial charge is 0.243 e. The molecule has 1 aromatic rings. The molecule has 0 aromatic heterocycles. The quantitative estimate of drug-likeness (QED) is 0.654. The van der Waals surface area contributed by atoms with Crippen molar-refractivity contribution in [3.63, 3.8) is 0 Å². The van der Waals surface area contributed by atoms with Crippen molar-refractivity contribution in [2.45, 2.75) is 4.90 Å². The molecule has 0 spiro atoms. The van der Waals surface area contributed by atoms with E-state index in [0.29, 0.717) is 24.2 Å². The van der Waals surface area contributed by atoms with Crippen molar-refractivity contribution in [3.8, 4) is 0 Å². The molecule has 21 heavy (non-hydrogen) atoms. The number of rotatable bonds is 8. The number of nitrogens with one attached hydrogen (secondary N) is 1. The molecule has 0 amide bonds. The van der Waals surface area contributed by atoms with Crippen LogP contribution in [0.15, 0.2) is 21.5 Å². The predicted molar refractivity (Wildman–Crippen MR) is 83.1 cm³/mol. The van der Waals surface area contributed by atoms with Crippen LogP contribution < -0.4 is 10.5 Å². The summed E-state index contributed by atoms with van der Waals surface area (Å²) in [5.41, 5.74) is 5.75. The fourth-order valence-electron chi connectivity index (χ4n) is 1.56. The standard InChI is InChI=1S/C12H19BrFN3O3S/c1-17(5-6-20-2)4-3-16-21(18,19)12-8-11(15)9(13)7-10(12)14/h7-8,16H,3-6,15H2,1-2H3. The van der Waals surface area contributed by atoms with E-state index in [-0.39, 0.29) is 12.2 Å². The van der Waals surface area contributed by atoms with Gasteiger partial charge in [-0.3, -0.25) is 0 Å². The number of nitrogen functional groups attached to an aromatic ring is 1. The first-order valence-corrected chi connectivity index (χ1v) is 8.47. The van der Waals surface area contributed by atoms with E-state index >= 15 is 0 Å². The molecule has 1 aromatic carbocycles. The van der Waals surface area contributed by atoms with Crippen LogP contribution >= 0.6 is 15.9 Å². The number of likely N-dealkylation sites (N-methyl/N-ethyl adjacent to an activating group) is 1. The lowest BCUT2D eigenvalue weighted by Gasteiger charge is -2.16. The first-order valence-electron chi connectivity index (χ1n) is 6.19. The minimum atomic E-state index is -3.93. The molecule has 0 fully saturated rings. The molecular formula is C12H19BrFN3O3S. The summed E-state index contributed by atoms with van der Waals surface area (Å²) in [6, 6.07) is 2.13. The summed E-state index contributed by atoms with van der Waals surface area (Å²) in [5.74, 6) is -0.851. The Balaban J connectivity index is 2.68. The number of anilines is 1. The summed E-state index contributed by atoms with van der Waals surface area (Å²) in [5, 5.41) is 0. The molecule has 120 valence electrons. The largest absolute Gasteiger partial charge is 0.398 e. The van der Waals surface area contributed by atoms with Gasteiger partial charge in [-0.15, -0.1) is 0 Å². The maximum absolute atomic E-state index is 13.7. The second-order valence-electron chi connectivity index (χ2n) is 4.50. The molecule has 0 atom stereocenters. The normalized spacial score (nSPS) is 12.0. The van der Waals surface area contributed by atoms with E-state index in [4.69, 9.17) is 10.5 Å². The summed E-state index contributed by atoms with van der Waals surface area (Å²) in [4.78, 5) is 1.45. The Morgan fingerprint density at radius 3 is 2.71 bits per heavy atom. The van der Waals surface area contributed by atoms with E-state index in [1.54, 1.807) is 7.11 Å². The highest BCUT2D eigenvalue weighted by atomic mass is 79.9. The number of halogens is 2. The first-order chi connectivity index (χ1) is 9.77. The van der Waals surface area contributed by atoms with E-state index in [1.807, 2.05) is 11.9 Å².